The van der Waals surface area contributed by atoms with Gasteiger partial charge in [-0.1, -0.05) is 127 Å². The van der Waals surface area contributed by atoms with Crippen LogP contribution in [0.25, 0.3) is 95.3 Å². The van der Waals surface area contributed by atoms with Crippen molar-refractivity contribution in [3.63, 3.8) is 0 Å². The number of hydrogen-bond donors (Lipinski definition) is 0. The van der Waals surface area contributed by atoms with Gasteiger partial charge in [0.1, 0.15) is 0 Å². The summed E-state index contributed by atoms with van der Waals surface area (Å²) in [6, 6.07) is 58.2. The van der Waals surface area contributed by atoms with Crippen LogP contribution in [0.2, 0.25) is 0 Å². The lowest BCUT2D eigenvalue weighted by Gasteiger charge is -2.09. The van der Waals surface area contributed by atoms with Crippen molar-refractivity contribution in [2.24, 2.45) is 0 Å². The van der Waals surface area contributed by atoms with Crippen LogP contribution in [0.5, 0.6) is 0 Å². The van der Waals surface area contributed by atoms with Gasteiger partial charge in [0.25, 0.3) is 0 Å². The van der Waals surface area contributed by atoms with Gasteiger partial charge < -0.3 is 0 Å². The zero-order valence-electron chi connectivity index (χ0n) is 24.8. The van der Waals surface area contributed by atoms with Crippen LogP contribution in [0.4, 0.5) is 0 Å². The third kappa shape index (κ3) is 4.11. The second kappa shape index (κ2) is 10.1. The minimum absolute atomic E-state index is 1.23. The van der Waals surface area contributed by atoms with Crippen LogP contribution >= 0.6 is 22.7 Å². The molecule has 0 aliphatic rings. The van der Waals surface area contributed by atoms with Gasteiger partial charge >= 0.3 is 0 Å². The molecule has 10 rings (SSSR count). The minimum Gasteiger partial charge on any atom is -0.134 e. The van der Waals surface area contributed by atoms with E-state index in [9.17, 15) is 0 Å². The van der Waals surface area contributed by atoms with Gasteiger partial charge in [0.15, 0.2) is 0 Å². The first-order chi connectivity index (χ1) is 22.7. The second-order valence-corrected chi connectivity index (χ2v) is 14.3. The van der Waals surface area contributed by atoms with Gasteiger partial charge in [-0.3, -0.25) is 0 Å². The number of thiophene rings is 2. The molecule has 2 heterocycles. The van der Waals surface area contributed by atoms with Crippen LogP contribution < -0.4 is 0 Å². The summed E-state index contributed by atoms with van der Waals surface area (Å²) >= 11 is 3.86. The zero-order chi connectivity index (χ0) is 30.2. The Balaban J connectivity index is 0.976. The molecule has 0 radical (unpaired) electrons. The maximum Gasteiger partial charge on any atom is 0.0542 e. The second-order valence-electron chi connectivity index (χ2n) is 12.1. The lowest BCUT2D eigenvalue weighted by Crippen LogP contribution is -1.84. The van der Waals surface area contributed by atoms with E-state index in [1.807, 2.05) is 22.7 Å². The van der Waals surface area contributed by atoms with E-state index in [0.29, 0.717) is 0 Å². The van der Waals surface area contributed by atoms with Crippen LogP contribution in [0, 0.1) is 0 Å². The smallest absolute Gasteiger partial charge is 0.0542 e. The third-order valence-electron chi connectivity index (χ3n) is 9.44. The first kappa shape index (κ1) is 26.0. The van der Waals surface area contributed by atoms with Gasteiger partial charge in [0, 0.05) is 20.2 Å². The highest BCUT2D eigenvalue weighted by Crippen LogP contribution is 2.46. The van der Waals surface area contributed by atoms with Crippen molar-refractivity contribution in [2.45, 2.75) is 0 Å². The molecule has 0 saturated carbocycles. The van der Waals surface area contributed by atoms with Crippen LogP contribution in [0.15, 0.2) is 158 Å². The molecule has 8 aromatic carbocycles. The van der Waals surface area contributed by atoms with Gasteiger partial charge in [-0.2, -0.15) is 0 Å². The molecule has 0 atom stereocenters. The minimum atomic E-state index is 1.23. The molecule has 0 spiro atoms. The van der Waals surface area contributed by atoms with Gasteiger partial charge in [0.2, 0.25) is 0 Å². The number of hydrogen-bond acceptors (Lipinski definition) is 2. The Morgan fingerprint density at radius 1 is 0.283 bits per heavy atom. The highest BCUT2D eigenvalue weighted by Gasteiger charge is 2.14. The van der Waals surface area contributed by atoms with E-state index in [-0.39, 0.29) is 0 Å². The molecule has 0 bridgehead atoms. The van der Waals surface area contributed by atoms with Gasteiger partial charge in [-0.15, -0.1) is 22.7 Å². The maximum absolute atomic E-state index is 2.40. The molecule has 0 fully saturated rings. The summed E-state index contributed by atoms with van der Waals surface area (Å²) in [6.45, 7) is 0. The molecule has 2 aromatic heterocycles. The Labute approximate surface area is 274 Å². The van der Waals surface area contributed by atoms with Crippen molar-refractivity contribution in [1.29, 1.82) is 0 Å². The van der Waals surface area contributed by atoms with Crippen molar-refractivity contribution in [2.75, 3.05) is 0 Å². The molecular weight excluding hydrogens is 593 g/mol. The molecule has 46 heavy (non-hydrogen) atoms. The average Bonchev–Trinajstić information content (AvgIpc) is 3.64. The third-order valence-corrected chi connectivity index (χ3v) is 11.9. The molecule has 0 aliphatic heterocycles. The lowest BCUT2D eigenvalue weighted by molar-refractivity contribution is 1.59. The largest absolute Gasteiger partial charge is 0.134 e. The molecule has 214 valence electrons. The summed E-state index contributed by atoms with van der Waals surface area (Å²) in [5.74, 6) is 0. The van der Waals surface area contributed by atoms with E-state index in [2.05, 4.69) is 158 Å². The molecule has 0 N–H and O–H groups in total. The Morgan fingerprint density at radius 2 is 0.761 bits per heavy atom. The summed E-state index contributed by atoms with van der Waals surface area (Å²) in [6.07, 6.45) is 0. The van der Waals surface area contributed by atoms with Crippen molar-refractivity contribution < 1.29 is 0 Å². The van der Waals surface area contributed by atoms with Gasteiger partial charge in [0.05, 0.1) is 9.40 Å². The fourth-order valence-corrected chi connectivity index (χ4v) is 9.74. The first-order valence-corrected chi connectivity index (χ1v) is 17.3. The monoisotopic (exact) mass is 618 g/mol. The van der Waals surface area contributed by atoms with Crippen LogP contribution in [0.3, 0.4) is 0 Å². The highest BCUT2D eigenvalue weighted by molar-refractivity contribution is 7.36. The van der Waals surface area contributed by atoms with Gasteiger partial charge in [-0.05, 0) is 96.0 Å². The van der Waals surface area contributed by atoms with Crippen molar-refractivity contribution in [3.05, 3.63) is 158 Å². The SMILES string of the molecule is c1ccc2cc3c(cc2c1)sc1c2cc4ccc(-c5ccc(-c6ccc(-c7cccc8ccccc78)cc6)cc5)cc4cc2sc31. The van der Waals surface area contributed by atoms with Crippen molar-refractivity contribution >= 4 is 84.6 Å². The molecule has 0 aliphatic carbocycles. The highest BCUT2D eigenvalue weighted by atomic mass is 32.1. The standard InChI is InChI=1S/C44H26S2/c1-2-8-33-25-41-39(23-32(33)7-1)43-44(45-41)40-24-35-21-20-34(22-36(35)26-42(40)46-43)29-14-12-27(13-15-29)28-16-18-31(19-17-28)38-11-5-9-30-6-3-4-10-37(30)38/h1-26H. The fourth-order valence-electron chi connectivity index (χ4n) is 7.04. The van der Waals surface area contributed by atoms with Crippen LogP contribution in [0.1, 0.15) is 0 Å². The molecule has 0 amide bonds. The summed E-state index contributed by atoms with van der Waals surface area (Å²) in [5, 5.41) is 10.5. The van der Waals surface area contributed by atoms with Gasteiger partial charge in [-0.25, -0.2) is 0 Å². The summed E-state index contributed by atoms with van der Waals surface area (Å²) < 4.78 is 5.57. The molecular formula is C44H26S2. The predicted molar refractivity (Wildman–Crippen MR) is 204 cm³/mol. The Hall–Kier alpha value is -5.28. The van der Waals surface area contributed by atoms with E-state index < -0.39 is 0 Å². The molecule has 2 heteroatoms. The van der Waals surface area contributed by atoms with E-state index >= 15 is 0 Å². The summed E-state index contributed by atoms with van der Waals surface area (Å²) in [7, 11) is 0. The van der Waals surface area contributed by atoms with Crippen molar-refractivity contribution in [1.82, 2.24) is 0 Å². The number of fused-ring (bicyclic) bond motifs is 8. The van der Waals surface area contributed by atoms with Crippen LogP contribution in [-0.2, 0) is 0 Å². The van der Waals surface area contributed by atoms with E-state index in [4.69, 9.17) is 0 Å². The fraction of sp³-hybridized carbons (Fsp3) is 0. The zero-order valence-corrected chi connectivity index (χ0v) is 26.5. The Morgan fingerprint density at radius 3 is 1.43 bits per heavy atom. The molecule has 0 nitrogen and oxygen atoms in total. The summed E-state index contributed by atoms with van der Waals surface area (Å²) in [4.78, 5) is 0. The Kier molecular flexibility index (Phi) is 5.72. The average molecular weight is 619 g/mol. The van der Waals surface area contributed by atoms with E-state index in [1.54, 1.807) is 0 Å². The van der Waals surface area contributed by atoms with E-state index in [0.717, 1.165) is 0 Å². The molecule has 0 unspecified atom stereocenters. The quantitative estimate of drug-likeness (QED) is 0.185. The maximum atomic E-state index is 2.40. The predicted octanol–water partition coefficient (Wildman–Crippen LogP) is 13.7. The van der Waals surface area contributed by atoms with E-state index in [1.165, 1.54) is 95.3 Å². The topological polar surface area (TPSA) is 0 Å². The first-order valence-electron chi connectivity index (χ1n) is 15.7. The van der Waals surface area contributed by atoms with Crippen molar-refractivity contribution in [3.8, 4) is 33.4 Å². The van der Waals surface area contributed by atoms with Crippen LogP contribution in [-0.4, -0.2) is 0 Å². The summed E-state index contributed by atoms with van der Waals surface area (Å²) in [5.41, 5.74) is 7.47. The number of rotatable bonds is 3. The Bertz CT molecular complexity index is 2770. The normalized spacial score (nSPS) is 11.9. The number of benzene rings is 8. The molecule has 0 saturated heterocycles. The lowest BCUT2D eigenvalue weighted by atomic mass is 9.95. The molecule has 10 aromatic rings.